The van der Waals surface area contributed by atoms with Crippen LogP contribution in [0.15, 0.2) is 30.3 Å². The summed E-state index contributed by atoms with van der Waals surface area (Å²) in [4.78, 5) is 35.7. The van der Waals surface area contributed by atoms with E-state index in [2.05, 4.69) is 5.43 Å². The summed E-state index contributed by atoms with van der Waals surface area (Å²) in [5, 5.41) is 0.717. The smallest absolute Gasteiger partial charge is 0.429 e. The largest absolute Gasteiger partial charge is 0.465 e. The van der Waals surface area contributed by atoms with Gasteiger partial charge in [-0.2, -0.15) is 0 Å². The van der Waals surface area contributed by atoms with Crippen LogP contribution in [-0.4, -0.2) is 41.9 Å². The van der Waals surface area contributed by atoms with Crippen molar-refractivity contribution in [2.45, 2.75) is 39.9 Å². The quantitative estimate of drug-likeness (QED) is 0.497. The van der Waals surface area contributed by atoms with E-state index >= 15 is 0 Å². The van der Waals surface area contributed by atoms with E-state index < -0.39 is 30.3 Å². The second-order valence-corrected chi connectivity index (χ2v) is 6.05. The summed E-state index contributed by atoms with van der Waals surface area (Å²) in [5.41, 5.74) is 2.21. The Hall–Kier alpha value is -2.77. The Balaban J connectivity index is 2.69. The van der Waals surface area contributed by atoms with E-state index in [1.807, 2.05) is 6.07 Å². The minimum atomic E-state index is -0.900. The third-order valence-electron chi connectivity index (χ3n) is 2.64. The van der Waals surface area contributed by atoms with Crippen molar-refractivity contribution in [3.05, 3.63) is 35.9 Å². The molecule has 1 N–H and O–H groups in total. The number of ether oxygens (including phenoxy) is 3. The molecule has 0 saturated carbocycles. The highest BCUT2D eigenvalue weighted by Gasteiger charge is 2.25. The van der Waals surface area contributed by atoms with Crippen LogP contribution in [0.5, 0.6) is 0 Å². The number of amides is 2. The summed E-state index contributed by atoms with van der Waals surface area (Å²) >= 11 is 0. The number of benzene rings is 1. The minimum absolute atomic E-state index is 0.00496. The predicted molar refractivity (Wildman–Crippen MR) is 89.3 cm³/mol. The predicted octanol–water partition coefficient (Wildman–Crippen LogP) is 2.63. The van der Waals surface area contributed by atoms with Crippen LogP contribution in [0.2, 0.25) is 0 Å². The highest BCUT2D eigenvalue weighted by atomic mass is 16.6. The van der Waals surface area contributed by atoms with Crippen molar-refractivity contribution in [3.8, 4) is 0 Å². The molecule has 0 atom stereocenters. The highest BCUT2D eigenvalue weighted by molar-refractivity contribution is 5.80. The van der Waals surface area contributed by atoms with Crippen LogP contribution in [0.25, 0.3) is 0 Å². The molecule has 0 radical (unpaired) electrons. The van der Waals surface area contributed by atoms with E-state index in [9.17, 15) is 14.4 Å². The monoisotopic (exact) mass is 352 g/mol. The lowest BCUT2D eigenvalue weighted by atomic mass is 10.2. The van der Waals surface area contributed by atoms with Crippen LogP contribution in [-0.2, 0) is 25.6 Å². The molecule has 1 rings (SSSR count). The van der Waals surface area contributed by atoms with Crippen LogP contribution in [0.1, 0.15) is 33.3 Å². The molecule has 0 aliphatic heterocycles. The van der Waals surface area contributed by atoms with E-state index in [4.69, 9.17) is 14.2 Å². The van der Waals surface area contributed by atoms with E-state index in [1.54, 1.807) is 52.0 Å². The Bertz CT molecular complexity index is 583. The molecule has 0 aliphatic rings. The molecule has 1 aromatic carbocycles. The summed E-state index contributed by atoms with van der Waals surface area (Å²) in [5.74, 6) is -0.685. The molecule has 138 valence electrons. The average molecular weight is 352 g/mol. The molecule has 25 heavy (non-hydrogen) atoms. The van der Waals surface area contributed by atoms with Gasteiger partial charge in [0.2, 0.25) is 0 Å². The number of carbonyl (C=O) groups excluding carboxylic acids is 3. The summed E-state index contributed by atoms with van der Waals surface area (Å²) in [6.07, 6.45) is -1.78. The van der Waals surface area contributed by atoms with Crippen molar-refractivity contribution in [3.63, 3.8) is 0 Å². The van der Waals surface area contributed by atoms with Crippen molar-refractivity contribution < 1.29 is 28.6 Å². The van der Waals surface area contributed by atoms with E-state index in [0.717, 1.165) is 10.6 Å². The summed E-state index contributed by atoms with van der Waals surface area (Å²) in [7, 11) is 0. The first kappa shape index (κ1) is 20.3. The number of hydrogen-bond donors (Lipinski definition) is 1. The van der Waals surface area contributed by atoms with Crippen LogP contribution in [0, 0.1) is 0 Å². The van der Waals surface area contributed by atoms with Gasteiger partial charge >= 0.3 is 18.2 Å². The van der Waals surface area contributed by atoms with Crippen LogP contribution in [0.3, 0.4) is 0 Å². The Morgan fingerprint density at radius 2 is 1.72 bits per heavy atom. The van der Waals surface area contributed by atoms with Gasteiger partial charge in [-0.25, -0.2) is 20.0 Å². The molecule has 0 fully saturated rings. The first-order valence-corrected chi connectivity index (χ1v) is 7.84. The Morgan fingerprint density at radius 3 is 2.28 bits per heavy atom. The number of hydrogen-bond acceptors (Lipinski definition) is 6. The molecule has 0 saturated heterocycles. The van der Waals surface area contributed by atoms with Gasteiger partial charge in [-0.15, -0.1) is 0 Å². The molecule has 0 heterocycles. The van der Waals surface area contributed by atoms with Gasteiger partial charge in [0, 0.05) is 0 Å². The zero-order chi connectivity index (χ0) is 18.9. The molecule has 0 aromatic heterocycles. The van der Waals surface area contributed by atoms with Crippen molar-refractivity contribution in [2.24, 2.45) is 0 Å². The molecule has 0 spiro atoms. The SMILES string of the molecule is CCOC(=O)CN(NC(=O)OC(C)(C)C)C(=O)OCc1ccccc1. The summed E-state index contributed by atoms with van der Waals surface area (Å²) in [6.45, 7) is 6.31. The fourth-order valence-corrected chi connectivity index (χ4v) is 1.69. The minimum Gasteiger partial charge on any atom is -0.465 e. The van der Waals surface area contributed by atoms with E-state index in [0.29, 0.717) is 0 Å². The standard InChI is InChI=1S/C17H24N2O6/c1-5-23-14(20)11-19(18-15(21)25-17(2,3)4)16(22)24-12-13-9-7-6-8-10-13/h6-10H,5,11-12H2,1-4H3,(H,18,21). The third kappa shape index (κ3) is 8.59. The number of nitrogens with one attached hydrogen (secondary N) is 1. The van der Waals surface area contributed by atoms with Crippen molar-refractivity contribution >= 4 is 18.2 Å². The Labute approximate surface area is 147 Å². The molecule has 8 nitrogen and oxygen atoms in total. The zero-order valence-electron chi connectivity index (χ0n) is 14.9. The molecule has 0 bridgehead atoms. The summed E-state index contributed by atoms with van der Waals surface area (Å²) in [6, 6.07) is 9.01. The van der Waals surface area contributed by atoms with Gasteiger partial charge in [0.15, 0.2) is 0 Å². The van der Waals surface area contributed by atoms with Crippen LogP contribution in [0.4, 0.5) is 9.59 Å². The normalized spacial score (nSPS) is 10.6. The molecular weight excluding hydrogens is 328 g/mol. The Morgan fingerprint density at radius 1 is 1.08 bits per heavy atom. The molecule has 0 aliphatic carbocycles. The van der Waals surface area contributed by atoms with Gasteiger partial charge < -0.3 is 14.2 Å². The molecule has 0 unspecified atom stereocenters. The fraction of sp³-hybridized carbons (Fsp3) is 0.471. The second kappa shape index (κ2) is 9.51. The third-order valence-corrected chi connectivity index (χ3v) is 2.64. The van der Waals surface area contributed by atoms with Gasteiger partial charge in [-0.1, -0.05) is 30.3 Å². The molecule has 8 heteroatoms. The zero-order valence-corrected chi connectivity index (χ0v) is 14.9. The second-order valence-electron chi connectivity index (χ2n) is 6.05. The highest BCUT2D eigenvalue weighted by Crippen LogP contribution is 2.07. The number of hydrazine groups is 1. The van der Waals surface area contributed by atoms with Crippen molar-refractivity contribution in [2.75, 3.05) is 13.2 Å². The molecular formula is C17H24N2O6. The van der Waals surface area contributed by atoms with Crippen molar-refractivity contribution in [1.29, 1.82) is 0 Å². The van der Waals surface area contributed by atoms with Gasteiger partial charge in [0.05, 0.1) is 6.61 Å². The van der Waals surface area contributed by atoms with Gasteiger partial charge in [0.25, 0.3) is 0 Å². The number of nitrogens with zero attached hydrogens (tertiary/aromatic N) is 1. The molecule has 2 amide bonds. The average Bonchev–Trinajstić information content (AvgIpc) is 2.51. The topological polar surface area (TPSA) is 94.2 Å². The maximum absolute atomic E-state index is 12.2. The van der Waals surface area contributed by atoms with E-state index in [1.165, 1.54) is 0 Å². The summed E-state index contributed by atoms with van der Waals surface area (Å²) < 4.78 is 15.0. The number of rotatable bonds is 5. The lowest BCUT2D eigenvalue weighted by Crippen LogP contribution is -2.50. The number of esters is 1. The van der Waals surface area contributed by atoms with Gasteiger partial charge in [-0.3, -0.25) is 4.79 Å². The van der Waals surface area contributed by atoms with Gasteiger partial charge in [-0.05, 0) is 33.3 Å². The fourth-order valence-electron chi connectivity index (χ4n) is 1.69. The maximum atomic E-state index is 12.2. The number of carbonyl (C=O) groups is 3. The first-order valence-electron chi connectivity index (χ1n) is 7.84. The first-order chi connectivity index (χ1) is 11.7. The molecule has 1 aromatic rings. The van der Waals surface area contributed by atoms with Gasteiger partial charge in [0.1, 0.15) is 18.8 Å². The van der Waals surface area contributed by atoms with Crippen LogP contribution >= 0.6 is 0 Å². The van der Waals surface area contributed by atoms with Crippen LogP contribution < -0.4 is 5.43 Å². The van der Waals surface area contributed by atoms with E-state index in [-0.39, 0.29) is 13.2 Å². The lowest BCUT2D eigenvalue weighted by molar-refractivity contribution is -0.144. The Kier molecular flexibility index (Phi) is 7.71. The maximum Gasteiger partial charge on any atom is 0.429 e. The van der Waals surface area contributed by atoms with Crippen molar-refractivity contribution in [1.82, 2.24) is 10.4 Å². The lowest BCUT2D eigenvalue weighted by Gasteiger charge is -2.25.